The Morgan fingerprint density at radius 3 is 2.53 bits per heavy atom. The molecule has 0 saturated carbocycles. The molecule has 1 aromatic carbocycles. The zero-order valence-electron chi connectivity index (χ0n) is 8.39. The topological polar surface area (TPSA) is 46.2 Å². The third-order valence-corrected chi connectivity index (χ3v) is 2.84. The summed E-state index contributed by atoms with van der Waals surface area (Å²) in [6.07, 6.45) is 2.81. The van der Waals surface area contributed by atoms with E-state index >= 15 is 0 Å². The lowest BCUT2D eigenvalue weighted by Crippen LogP contribution is -1.93. The fraction of sp³-hybridized carbons (Fsp3) is 0.400. The zero-order chi connectivity index (χ0) is 10.7. The number of nitrogens with two attached hydrogens (primary N) is 1. The van der Waals surface area contributed by atoms with Gasteiger partial charge in [0.25, 0.3) is 0 Å². The van der Waals surface area contributed by atoms with Gasteiger partial charge < -0.3 is 10.8 Å². The van der Waals surface area contributed by atoms with Crippen LogP contribution in [0.1, 0.15) is 25.3 Å². The first-order chi connectivity index (χ1) is 6.57. The second-order valence-electron chi connectivity index (χ2n) is 3.19. The first kappa shape index (κ1) is 14.7. The van der Waals surface area contributed by atoms with Crippen molar-refractivity contribution in [2.45, 2.75) is 26.2 Å². The Hall–Kier alpha value is -0.310. The van der Waals surface area contributed by atoms with Crippen molar-refractivity contribution in [1.29, 1.82) is 0 Å². The number of aromatic hydroxyl groups is 1. The van der Waals surface area contributed by atoms with Gasteiger partial charge in [0.2, 0.25) is 0 Å². The van der Waals surface area contributed by atoms with E-state index in [-0.39, 0.29) is 28.9 Å². The molecule has 1 rings (SSSR count). The molecule has 0 heterocycles. The van der Waals surface area contributed by atoms with Crippen LogP contribution < -0.4 is 5.73 Å². The minimum Gasteiger partial charge on any atom is -0.504 e. The smallest absolute Gasteiger partial charge is 0.157 e. The van der Waals surface area contributed by atoms with Crippen LogP contribution in [0.25, 0.3) is 0 Å². The molecule has 0 aliphatic carbocycles. The van der Waals surface area contributed by atoms with Crippen LogP contribution in [0.15, 0.2) is 6.07 Å². The van der Waals surface area contributed by atoms with Gasteiger partial charge >= 0.3 is 0 Å². The lowest BCUT2D eigenvalue weighted by molar-refractivity contribution is 0.477. The van der Waals surface area contributed by atoms with E-state index in [4.69, 9.17) is 28.9 Å². The first-order valence-corrected chi connectivity index (χ1v) is 5.28. The highest BCUT2D eigenvalue weighted by molar-refractivity contribution is 6.37. The molecule has 0 atom stereocenters. The van der Waals surface area contributed by atoms with E-state index in [2.05, 4.69) is 6.92 Å². The third kappa shape index (κ3) is 3.33. The zero-order valence-corrected chi connectivity index (χ0v) is 10.7. The summed E-state index contributed by atoms with van der Waals surface area (Å²) in [5.74, 6) is -0.0674. The Morgan fingerprint density at radius 1 is 1.40 bits per heavy atom. The SMILES string of the molecule is CCCCc1c(Cl)cc(N)c(O)c1Cl.Cl. The maximum absolute atomic E-state index is 9.50. The van der Waals surface area contributed by atoms with Crippen LogP contribution in [-0.4, -0.2) is 5.11 Å². The van der Waals surface area contributed by atoms with E-state index in [0.717, 1.165) is 24.8 Å². The summed E-state index contributed by atoms with van der Waals surface area (Å²) in [5.41, 5.74) is 6.50. The van der Waals surface area contributed by atoms with Crippen molar-refractivity contribution in [2.24, 2.45) is 0 Å². The minimum absolute atomic E-state index is 0. The van der Waals surface area contributed by atoms with Gasteiger partial charge in [-0.05, 0) is 24.5 Å². The highest BCUT2D eigenvalue weighted by Crippen LogP contribution is 2.38. The van der Waals surface area contributed by atoms with Crippen molar-refractivity contribution >= 4 is 41.3 Å². The molecule has 0 aromatic heterocycles. The predicted octanol–water partition coefficient (Wildman–Crippen LogP) is 4.05. The predicted molar refractivity (Wildman–Crippen MR) is 68.4 cm³/mol. The van der Waals surface area contributed by atoms with Crippen LogP contribution in [0.2, 0.25) is 10.0 Å². The average molecular weight is 271 g/mol. The van der Waals surface area contributed by atoms with Gasteiger partial charge in [0.05, 0.1) is 10.7 Å². The van der Waals surface area contributed by atoms with Crippen LogP contribution in [-0.2, 0) is 6.42 Å². The summed E-state index contributed by atoms with van der Waals surface area (Å²) in [5, 5.41) is 10.3. The highest BCUT2D eigenvalue weighted by atomic mass is 35.5. The molecule has 0 unspecified atom stereocenters. The molecule has 0 spiro atoms. The number of phenols is 1. The number of hydrogen-bond acceptors (Lipinski definition) is 2. The summed E-state index contributed by atoms with van der Waals surface area (Å²) in [7, 11) is 0. The Morgan fingerprint density at radius 2 is 2.00 bits per heavy atom. The van der Waals surface area contributed by atoms with Crippen LogP contribution in [0.5, 0.6) is 5.75 Å². The van der Waals surface area contributed by atoms with Gasteiger partial charge in [-0.1, -0.05) is 36.5 Å². The van der Waals surface area contributed by atoms with E-state index in [1.165, 1.54) is 6.07 Å². The lowest BCUT2D eigenvalue weighted by atomic mass is 10.1. The Bertz CT molecular complexity index is 342. The Labute approximate surface area is 106 Å². The van der Waals surface area contributed by atoms with Gasteiger partial charge in [-0.2, -0.15) is 0 Å². The van der Waals surface area contributed by atoms with Crippen molar-refractivity contribution in [1.82, 2.24) is 0 Å². The minimum atomic E-state index is -0.0674. The number of nitrogen functional groups attached to an aromatic ring is 1. The van der Waals surface area contributed by atoms with E-state index in [1.807, 2.05) is 0 Å². The number of benzene rings is 1. The summed E-state index contributed by atoms with van der Waals surface area (Å²) in [6.45, 7) is 2.08. The van der Waals surface area contributed by atoms with E-state index in [9.17, 15) is 5.11 Å². The normalized spacial score (nSPS) is 9.80. The lowest BCUT2D eigenvalue weighted by Gasteiger charge is -2.09. The van der Waals surface area contributed by atoms with Gasteiger partial charge in [-0.15, -0.1) is 12.4 Å². The van der Waals surface area contributed by atoms with E-state index in [1.54, 1.807) is 0 Å². The maximum atomic E-state index is 9.50. The van der Waals surface area contributed by atoms with Crippen molar-refractivity contribution in [2.75, 3.05) is 5.73 Å². The largest absolute Gasteiger partial charge is 0.504 e. The highest BCUT2D eigenvalue weighted by Gasteiger charge is 2.12. The van der Waals surface area contributed by atoms with Gasteiger partial charge in [0.1, 0.15) is 0 Å². The summed E-state index contributed by atoms with van der Waals surface area (Å²) in [6, 6.07) is 1.54. The van der Waals surface area contributed by atoms with E-state index in [0.29, 0.717) is 5.02 Å². The number of rotatable bonds is 3. The number of halogens is 3. The van der Waals surface area contributed by atoms with Crippen molar-refractivity contribution in [3.05, 3.63) is 21.7 Å². The second kappa shape index (κ2) is 6.31. The number of hydrogen-bond donors (Lipinski definition) is 2. The van der Waals surface area contributed by atoms with Crippen LogP contribution in [0.3, 0.4) is 0 Å². The molecule has 15 heavy (non-hydrogen) atoms. The summed E-state index contributed by atoms with van der Waals surface area (Å²) >= 11 is 11.9. The van der Waals surface area contributed by atoms with Crippen molar-refractivity contribution in [3.8, 4) is 5.75 Å². The Kier molecular flexibility index (Phi) is 6.18. The molecule has 0 radical (unpaired) electrons. The summed E-state index contributed by atoms with van der Waals surface area (Å²) < 4.78 is 0. The fourth-order valence-electron chi connectivity index (χ4n) is 1.25. The quantitative estimate of drug-likeness (QED) is 0.643. The average Bonchev–Trinajstić information content (AvgIpc) is 2.14. The molecular weight excluding hydrogens is 256 g/mol. The molecule has 5 heteroatoms. The van der Waals surface area contributed by atoms with Gasteiger partial charge in [-0.3, -0.25) is 0 Å². The number of unbranched alkanes of at least 4 members (excludes halogenated alkanes) is 1. The first-order valence-electron chi connectivity index (χ1n) is 4.53. The molecule has 0 fully saturated rings. The molecule has 0 aliphatic rings. The monoisotopic (exact) mass is 269 g/mol. The fourth-order valence-corrected chi connectivity index (χ4v) is 1.91. The molecule has 0 saturated heterocycles. The maximum Gasteiger partial charge on any atom is 0.157 e. The molecular formula is C10H14Cl3NO. The van der Waals surface area contributed by atoms with Gasteiger partial charge in [0.15, 0.2) is 5.75 Å². The molecule has 2 nitrogen and oxygen atoms in total. The molecule has 0 amide bonds. The Balaban J connectivity index is 0.00000196. The third-order valence-electron chi connectivity index (χ3n) is 2.10. The van der Waals surface area contributed by atoms with Crippen molar-refractivity contribution in [3.63, 3.8) is 0 Å². The van der Waals surface area contributed by atoms with E-state index < -0.39 is 0 Å². The molecule has 3 N–H and O–H groups in total. The standard InChI is InChI=1S/C10H13Cl2NO.ClH/c1-2-3-4-6-7(11)5-8(13)10(14)9(6)12;/h5,14H,2-4,13H2,1H3;1H. The number of phenolic OH excluding ortho intramolecular Hbond substituents is 1. The number of anilines is 1. The molecule has 86 valence electrons. The molecule has 0 aliphatic heterocycles. The van der Waals surface area contributed by atoms with Gasteiger partial charge in [-0.25, -0.2) is 0 Å². The van der Waals surface area contributed by atoms with Crippen LogP contribution in [0.4, 0.5) is 5.69 Å². The van der Waals surface area contributed by atoms with Crippen molar-refractivity contribution < 1.29 is 5.11 Å². The van der Waals surface area contributed by atoms with Crippen LogP contribution in [0, 0.1) is 0 Å². The molecule has 0 bridgehead atoms. The van der Waals surface area contributed by atoms with Crippen LogP contribution >= 0.6 is 35.6 Å². The summed E-state index contributed by atoms with van der Waals surface area (Å²) in [4.78, 5) is 0. The van der Waals surface area contributed by atoms with Gasteiger partial charge in [0, 0.05) is 5.02 Å². The molecule has 1 aromatic rings. The second-order valence-corrected chi connectivity index (χ2v) is 3.98.